The van der Waals surface area contributed by atoms with Crippen LogP contribution in [0, 0.1) is 0 Å². The van der Waals surface area contributed by atoms with Crippen LogP contribution in [-0.4, -0.2) is 18.6 Å². The van der Waals surface area contributed by atoms with Gasteiger partial charge in [-0.3, -0.25) is 0 Å². The molecule has 0 radical (unpaired) electrons. The van der Waals surface area contributed by atoms with E-state index in [0.717, 1.165) is 5.75 Å². The number of nitrogens with zero attached hydrogens (tertiary/aromatic N) is 1. The molecule has 0 spiro atoms. The largest absolute Gasteiger partial charge is 0.491 e. The molecule has 1 aromatic heterocycles. The van der Waals surface area contributed by atoms with Crippen LogP contribution in [0.15, 0.2) is 41.1 Å². The zero-order valence-electron chi connectivity index (χ0n) is 17.5. The predicted octanol–water partition coefficient (Wildman–Crippen LogP) is 7.73. The fraction of sp³-hybridized carbons (Fsp3) is 0.545. The second kappa shape index (κ2) is 8.35. The second-order valence-corrected chi connectivity index (χ2v) is 15.1. The highest BCUT2D eigenvalue weighted by Crippen LogP contribution is 2.44. The lowest BCUT2D eigenvalue weighted by Gasteiger charge is -2.44. The van der Waals surface area contributed by atoms with Gasteiger partial charge in [0.1, 0.15) is 5.75 Å². The van der Waals surface area contributed by atoms with E-state index in [1.807, 2.05) is 0 Å². The Bertz CT molecular complexity index is 694. The number of aromatic nitrogens is 1. The Labute approximate surface area is 169 Å². The lowest BCUT2D eigenvalue weighted by Crippen LogP contribution is -2.51. The van der Waals surface area contributed by atoms with Gasteiger partial charge in [-0.25, -0.2) is 0 Å². The van der Waals surface area contributed by atoms with E-state index in [4.69, 9.17) is 4.74 Å². The molecule has 0 aliphatic rings. The van der Waals surface area contributed by atoms with Crippen molar-refractivity contribution in [1.29, 1.82) is 0 Å². The van der Waals surface area contributed by atoms with Gasteiger partial charge in [-0.15, -0.1) is 0 Å². The van der Waals surface area contributed by atoms with E-state index in [1.165, 1.54) is 15.6 Å². The van der Waals surface area contributed by atoms with Gasteiger partial charge in [0.25, 0.3) is 0 Å². The van der Waals surface area contributed by atoms with Crippen molar-refractivity contribution in [3.05, 3.63) is 41.1 Å². The minimum Gasteiger partial charge on any atom is -0.491 e. The van der Waals surface area contributed by atoms with Crippen LogP contribution in [-0.2, 0) is 0 Å². The van der Waals surface area contributed by atoms with Crippen LogP contribution in [0.3, 0.4) is 0 Å². The zero-order valence-corrected chi connectivity index (χ0v) is 20.1. The fourth-order valence-corrected chi connectivity index (χ4v) is 12.0. The van der Waals surface area contributed by atoms with Crippen LogP contribution in [0.5, 0.6) is 5.75 Å². The summed E-state index contributed by atoms with van der Waals surface area (Å²) < 4.78 is 9.54. The van der Waals surface area contributed by atoms with Crippen LogP contribution < -0.4 is 4.74 Å². The van der Waals surface area contributed by atoms with Crippen molar-refractivity contribution in [1.82, 2.24) is 4.23 Å². The van der Waals surface area contributed by atoms with Gasteiger partial charge in [-0.2, -0.15) is 0 Å². The van der Waals surface area contributed by atoms with Gasteiger partial charge < -0.3 is 8.97 Å². The van der Waals surface area contributed by atoms with Gasteiger partial charge in [-0.05, 0) is 64.1 Å². The standard InChI is InChI=1S/C22H34BrNOSi/c1-15(2)25-20-11-9-19(10-12-20)21-13-24(14-22(21)23)26(16(3)4,17(5)6)18(7)8/h9-18H,1-8H3. The van der Waals surface area contributed by atoms with Gasteiger partial charge >= 0.3 is 0 Å². The summed E-state index contributed by atoms with van der Waals surface area (Å²) in [6.45, 7) is 18.5. The first-order chi connectivity index (χ1) is 12.1. The summed E-state index contributed by atoms with van der Waals surface area (Å²) >= 11 is 3.82. The molecular formula is C22H34BrNOSi. The van der Waals surface area contributed by atoms with Crippen LogP contribution in [0.2, 0.25) is 16.6 Å². The quantitative estimate of drug-likeness (QED) is 0.405. The van der Waals surface area contributed by atoms with E-state index < -0.39 is 8.24 Å². The first-order valence-electron chi connectivity index (χ1n) is 9.75. The smallest absolute Gasteiger partial charge is 0.168 e. The molecule has 0 aliphatic heterocycles. The Hall–Kier alpha value is -1.00. The molecule has 0 bridgehead atoms. The highest BCUT2D eigenvalue weighted by atomic mass is 79.9. The maximum atomic E-state index is 5.78. The average molecular weight is 437 g/mol. The van der Waals surface area contributed by atoms with Crippen LogP contribution >= 0.6 is 15.9 Å². The number of hydrogen-bond acceptors (Lipinski definition) is 1. The molecule has 2 rings (SSSR count). The molecule has 4 heteroatoms. The molecular weight excluding hydrogens is 402 g/mol. The number of ether oxygens (including phenoxy) is 1. The molecule has 0 N–H and O–H groups in total. The highest BCUT2D eigenvalue weighted by Gasteiger charge is 2.45. The molecule has 26 heavy (non-hydrogen) atoms. The number of benzene rings is 1. The third-order valence-corrected chi connectivity index (χ3v) is 12.9. The van der Waals surface area contributed by atoms with Crippen molar-refractivity contribution in [2.24, 2.45) is 0 Å². The van der Waals surface area contributed by atoms with E-state index in [-0.39, 0.29) is 6.10 Å². The van der Waals surface area contributed by atoms with E-state index in [9.17, 15) is 0 Å². The van der Waals surface area contributed by atoms with Gasteiger partial charge in [0.05, 0.1) is 6.10 Å². The summed E-state index contributed by atoms with van der Waals surface area (Å²) in [5.41, 5.74) is 4.52. The molecule has 0 amide bonds. The normalized spacial score (nSPS) is 12.7. The van der Waals surface area contributed by atoms with E-state index >= 15 is 0 Å². The lowest BCUT2D eigenvalue weighted by molar-refractivity contribution is 0.242. The highest BCUT2D eigenvalue weighted by molar-refractivity contribution is 9.10. The molecule has 0 aliphatic carbocycles. The summed E-state index contributed by atoms with van der Waals surface area (Å²) in [6.07, 6.45) is 4.89. The van der Waals surface area contributed by atoms with Crippen LogP contribution in [0.25, 0.3) is 11.1 Å². The minimum absolute atomic E-state index is 0.198. The first kappa shape index (κ1) is 21.3. The molecule has 0 fully saturated rings. The molecule has 0 unspecified atom stereocenters. The van der Waals surface area contributed by atoms with Crippen molar-refractivity contribution < 1.29 is 4.74 Å². The summed E-state index contributed by atoms with van der Waals surface area (Å²) in [7, 11) is -1.72. The third-order valence-electron chi connectivity index (χ3n) is 5.54. The van der Waals surface area contributed by atoms with Crippen molar-refractivity contribution in [3.8, 4) is 16.9 Å². The monoisotopic (exact) mass is 435 g/mol. The zero-order chi connectivity index (χ0) is 19.6. The Morgan fingerprint density at radius 2 is 1.31 bits per heavy atom. The summed E-state index contributed by atoms with van der Waals surface area (Å²) in [5, 5.41) is 0. The molecule has 0 saturated heterocycles. The summed E-state index contributed by atoms with van der Waals surface area (Å²) in [5.74, 6) is 0.926. The lowest BCUT2D eigenvalue weighted by atomic mass is 10.1. The number of halogens is 1. The van der Waals surface area contributed by atoms with Crippen molar-refractivity contribution >= 4 is 24.2 Å². The maximum Gasteiger partial charge on any atom is 0.168 e. The molecule has 0 saturated carbocycles. The molecule has 2 nitrogen and oxygen atoms in total. The Kier molecular flexibility index (Phi) is 6.84. The first-order valence-corrected chi connectivity index (χ1v) is 12.7. The van der Waals surface area contributed by atoms with Crippen molar-refractivity contribution in [2.45, 2.75) is 78.1 Å². The van der Waals surface area contributed by atoms with Crippen molar-refractivity contribution in [2.75, 3.05) is 0 Å². The molecule has 0 atom stereocenters. The molecule has 1 aromatic carbocycles. The minimum atomic E-state index is -1.72. The second-order valence-electron chi connectivity index (χ2n) is 8.47. The van der Waals surface area contributed by atoms with Crippen LogP contribution in [0.4, 0.5) is 0 Å². The van der Waals surface area contributed by atoms with Gasteiger partial charge in [0, 0.05) is 22.4 Å². The third kappa shape index (κ3) is 3.96. The molecule has 144 valence electrons. The average Bonchev–Trinajstić information content (AvgIpc) is 2.88. The SMILES string of the molecule is CC(C)Oc1ccc(-c2cn([Si](C(C)C)(C(C)C)C(C)C)cc2Br)cc1. The van der Waals surface area contributed by atoms with Gasteiger partial charge in [-0.1, -0.05) is 53.7 Å². The van der Waals surface area contributed by atoms with Crippen molar-refractivity contribution in [3.63, 3.8) is 0 Å². The fourth-order valence-electron chi connectivity index (χ4n) is 4.75. The van der Waals surface area contributed by atoms with Crippen LogP contribution in [0.1, 0.15) is 55.4 Å². The summed E-state index contributed by atoms with van der Waals surface area (Å²) in [4.78, 5) is 0. The van der Waals surface area contributed by atoms with E-state index in [1.54, 1.807) is 0 Å². The summed E-state index contributed by atoms with van der Waals surface area (Å²) in [6, 6.07) is 8.45. The Balaban J connectivity index is 2.47. The topological polar surface area (TPSA) is 14.2 Å². The maximum absolute atomic E-state index is 5.78. The van der Waals surface area contributed by atoms with E-state index in [2.05, 4.69) is 112 Å². The number of hydrogen-bond donors (Lipinski definition) is 0. The predicted molar refractivity (Wildman–Crippen MR) is 120 cm³/mol. The Morgan fingerprint density at radius 3 is 1.73 bits per heavy atom. The Morgan fingerprint density at radius 1 is 0.808 bits per heavy atom. The van der Waals surface area contributed by atoms with Gasteiger partial charge in [0.2, 0.25) is 0 Å². The molecule has 2 aromatic rings. The number of rotatable bonds is 7. The van der Waals surface area contributed by atoms with E-state index in [0.29, 0.717) is 16.6 Å². The molecule has 1 heterocycles. The van der Waals surface area contributed by atoms with Gasteiger partial charge in [0.15, 0.2) is 8.24 Å².